The van der Waals surface area contributed by atoms with Crippen LogP contribution in [0.1, 0.15) is 25.7 Å². The normalized spacial score (nSPS) is 20.5. The van der Waals surface area contributed by atoms with E-state index in [1.54, 1.807) is 5.48 Å². The quantitative estimate of drug-likeness (QED) is 0.398. The molecule has 1 amide bonds. The molecule has 0 aromatic carbocycles. The first kappa shape index (κ1) is 10.7. The summed E-state index contributed by atoms with van der Waals surface area (Å²) in [5.74, 6) is -0.454. The molecule has 0 saturated heterocycles. The SMILES string of the molecule is Cl.NC1(C(=O)NO)CCCC1. The summed E-state index contributed by atoms with van der Waals surface area (Å²) in [5, 5.41) is 8.28. The number of carbonyl (C=O) groups excluding carboxylic acids is 1. The molecule has 1 fully saturated rings. The fourth-order valence-corrected chi connectivity index (χ4v) is 1.34. The highest BCUT2D eigenvalue weighted by Gasteiger charge is 2.36. The maximum Gasteiger partial charge on any atom is 0.263 e. The number of carbonyl (C=O) groups is 1. The van der Waals surface area contributed by atoms with E-state index in [-0.39, 0.29) is 12.4 Å². The van der Waals surface area contributed by atoms with Gasteiger partial charge in [-0.25, -0.2) is 5.48 Å². The predicted molar refractivity (Wildman–Crippen MR) is 42.6 cm³/mol. The molecular weight excluding hydrogens is 168 g/mol. The van der Waals surface area contributed by atoms with Crippen molar-refractivity contribution >= 4 is 18.3 Å². The summed E-state index contributed by atoms with van der Waals surface area (Å²) in [6.07, 6.45) is 3.31. The van der Waals surface area contributed by atoms with E-state index in [1.165, 1.54) is 0 Å². The maximum atomic E-state index is 10.8. The Morgan fingerprint density at radius 1 is 1.45 bits per heavy atom. The summed E-state index contributed by atoms with van der Waals surface area (Å²) < 4.78 is 0. The highest BCUT2D eigenvalue weighted by molar-refractivity contribution is 5.85. The molecule has 4 N–H and O–H groups in total. The van der Waals surface area contributed by atoms with Gasteiger partial charge >= 0.3 is 0 Å². The van der Waals surface area contributed by atoms with Crippen molar-refractivity contribution in [2.24, 2.45) is 5.73 Å². The van der Waals surface area contributed by atoms with Gasteiger partial charge in [0.25, 0.3) is 5.91 Å². The molecule has 0 spiro atoms. The van der Waals surface area contributed by atoms with Gasteiger partial charge in [-0.1, -0.05) is 12.8 Å². The predicted octanol–water partition coefficient (Wildman–Crippen LogP) is 0.185. The third kappa shape index (κ3) is 2.05. The minimum Gasteiger partial charge on any atom is -0.317 e. The lowest BCUT2D eigenvalue weighted by Crippen LogP contribution is -2.50. The Morgan fingerprint density at radius 2 is 1.91 bits per heavy atom. The maximum absolute atomic E-state index is 10.8. The first-order valence-corrected chi connectivity index (χ1v) is 3.42. The zero-order chi connectivity index (χ0) is 7.61. The third-order valence-electron chi connectivity index (χ3n) is 2.05. The number of amides is 1. The summed E-state index contributed by atoms with van der Waals surface area (Å²) in [4.78, 5) is 10.8. The largest absolute Gasteiger partial charge is 0.317 e. The zero-order valence-electron chi connectivity index (χ0n) is 6.17. The number of nitrogens with two attached hydrogens (primary N) is 1. The van der Waals surface area contributed by atoms with E-state index in [0.29, 0.717) is 12.8 Å². The lowest BCUT2D eigenvalue weighted by molar-refractivity contribution is -0.134. The Hall–Kier alpha value is -0.320. The van der Waals surface area contributed by atoms with Crippen molar-refractivity contribution in [2.45, 2.75) is 31.2 Å². The standard InChI is InChI=1S/C6H12N2O2.ClH/c7-6(5(9)8-10)3-1-2-4-6;/h10H,1-4,7H2,(H,8,9);1H. The Kier molecular flexibility index (Phi) is 3.78. The van der Waals surface area contributed by atoms with Crippen molar-refractivity contribution in [1.29, 1.82) is 0 Å². The number of hydrogen-bond acceptors (Lipinski definition) is 3. The van der Waals surface area contributed by atoms with E-state index in [0.717, 1.165) is 12.8 Å². The Bertz CT molecular complexity index is 146. The Labute approximate surface area is 71.5 Å². The van der Waals surface area contributed by atoms with Gasteiger partial charge in [0.05, 0.1) is 5.54 Å². The third-order valence-corrected chi connectivity index (χ3v) is 2.05. The van der Waals surface area contributed by atoms with Crippen LogP contribution in [0, 0.1) is 0 Å². The van der Waals surface area contributed by atoms with Crippen LogP contribution in [0.15, 0.2) is 0 Å². The molecule has 0 aromatic rings. The average molecular weight is 181 g/mol. The molecule has 11 heavy (non-hydrogen) atoms. The van der Waals surface area contributed by atoms with Crippen LogP contribution in [-0.2, 0) is 4.79 Å². The zero-order valence-corrected chi connectivity index (χ0v) is 6.99. The molecule has 0 bridgehead atoms. The van der Waals surface area contributed by atoms with Gasteiger partial charge in [-0.15, -0.1) is 12.4 Å². The van der Waals surface area contributed by atoms with E-state index >= 15 is 0 Å². The topological polar surface area (TPSA) is 75.4 Å². The van der Waals surface area contributed by atoms with Gasteiger partial charge in [0.15, 0.2) is 0 Å². The van der Waals surface area contributed by atoms with Crippen LogP contribution in [-0.4, -0.2) is 16.7 Å². The molecule has 4 nitrogen and oxygen atoms in total. The highest BCUT2D eigenvalue weighted by Crippen LogP contribution is 2.26. The van der Waals surface area contributed by atoms with Crippen LogP contribution < -0.4 is 11.2 Å². The molecule has 0 heterocycles. The van der Waals surface area contributed by atoms with Crippen LogP contribution in [0.4, 0.5) is 0 Å². The molecule has 0 unspecified atom stereocenters. The fourth-order valence-electron chi connectivity index (χ4n) is 1.34. The number of nitrogens with one attached hydrogen (secondary N) is 1. The van der Waals surface area contributed by atoms with E-state index in [1.807, 2.05) is 0 Å². The van der Waals surface area contributed by atoms with Crippen molar-refractivity contribution in [2.75, 3.05) is 0 Å². The highest BCUT2D eigenvalue weighted by atomic mass is 35.5. The molecule has 1 aliphatic rings. The van der Waals surface area contributed by atoms with Gasteiger partial charge in [0.2, 0.25) is 0 Å². The Balaban J connectivity index is 0.000001000. The first-order chi connectivity index (χ1) is 4.69. The van der Waals surface area contributed by atoms with Crippen molar-refractivity contribution in [3.05, 3.63) is 0 Å². The van der Waals surface area contributed by atoms with Gasteiger partial charge in [0.1, 0.15) is 0 Å². The van der Waals surface area contributed by atoms with Crippen molar-refractivity contribution in [3.8, 4) is 0 Å². The second-order valence-electron chi connectivity index (χ2n) is 2.80. The summed E-state index contributed by atoms with van der Waals surface area (Å²) in [7, 11) is 0. The molecule has 5 heteroatoms. The minimum atomic E-state index is -0.797. The summed E-state index contributed by atoms with van der Waals surface area (Å²) in [6.45, 7) is 0. The van der Waals surface area contributed by atoms with Gasteiger partial charge in [-0.05, 0) is 12.8 Å². The van der Waals surface area contributed by atoms with Crippen molar-refractivity contribution in [1.82, 2.24) is 5.48 Å². The first-order valence-electron chi connectivity index (χ1n) is 3.42. The molecule has 1 aliphatic carbocycles. The number of halogens is 1. The minimum absolute atomic E-state index is 0. The molecule has 66 valence electrons. The molecule has 0 aromatic heterocycles. The molecule has 0 aliphatic heterocycles. The van der Waals surface area contributed by atoms with Crippen molar-refractivity contribution < 1.29 is 10.0 Å². The summed E-state index contributed by atoms with van der Waals surface area (Å²) in [5.41, 5.74) is 6.43. The average Bonchev–Trinajstić information content (AvgIpc) is 2.36. The smallest absolute Gasteiger partial charge is 0.263 e. The second-order valence-corrected chi connectivity index (χ2v) is 2.80. The number of hydrogen-bond donors (Lipinski definition) is 3. The van der Waals surface area contributed by atoms with Crippen LogP contribution in [0.3, 0.4) is 0 Å². The lowest BCUT2D eigenvalue weighted by atomic mass is 9.99. The van der Waals surface area contributed by atoms with Gasteiger partial charge in [0, 0.05) is 0 Å². The van der Waals surface area contributed by atoms with E-state index in [9.17, 15) is 4.79 Å². The van der Waals surface area contributed by atoms with E-state index < -0.39 is 11.4 Å². The molecule has 0 radical (unpaired) electrons. The number of rotatable bonds is 1. The lowest BCUT2D eigenvalue weighted by Gasteiger charge is -2.19. The summed E-state index contributed by atoms with van der Waals surface area (Å²) >= 11 is 0. The van der Waals surface area contributed by atoms with Crippen LogP contribution >= 0.6 is 12.4 Å². The van der Waals surface area contributed by atoms with Crippen LogP contribution in [0.5, 0.6) is 0 Å². The summed E-state index contributed by atoms with van der Waals surface area (Å²) in [6, 6.07) is 0. The van der Waals surface area contributed by atoms with E-state index in [2.05, 4.69) is 0 Å². The van der Waals surface area contributed by atoms with Crippen molar-refractivity contribution in [3.63, 3.8) is 0 Å². The second kappa shape index (κ2) is 3.90. The van der Waals surface area contributed by atoms with E-state index in [4.69, 9.17) is 10.9 Å². The van der Waals surface area contributed by atoms with Gasteiger partial charge in [-0.3, -0.25) is 10.0 Å². The Morgan fingerprint density at radius 3 is 2.27 bits per heavy atom. The molecular formula is C6H13ClN2O2. The van der Waals surface area contributed by atoms with Crippen LogP contribution in [0.25, 0.3) is 0 Å². The molecule has 1 rings (SSSR count). The van der Waals surface area contributed by atoms with Gasteiger partial charge in [-0.2, -0.15) is 0 Å². The fraction of sp³-hybridized carbons (Fsp3) is 0.833. The monoisotopic (exact) mass is 180 g/mol. The molecule has 1 saturated carbocycles. The molecule has 0 atom stereocenters. The number of hydroxylamine groups is 1. The van der Waals surface area contributed by atoms with Crippen LogP contribution in [0.2, 0.25) is 0 Å². The van der Waals surface area contributed by atoms with Gasteiger partial charge < -0.3 is 5.73 Å².